The average molecular weight is 584 g/mol. The summed E-state index contributed by atoms with van der Waals surface area (Å²) >= 11 is 0. The van der Waals surface area contributed by atoms with Gasteiger partial charge in [0.15, 0.2) is 5.82 Å². The van der Waals surface area contributed by atoms with E-state index in [9.17, 15) is 28.5 Å². The largest absolute Gasteiger partial charge is 0.494 e. The van der Waals surface area contributed by atoms with Crippen LogP contribution in [0.25, 0.3) is 16.7 Å². The van der Waals surface area contributed by atoms with Crippen molar-refractivity contribution in [3.05, 3.63) is 63.5 Å². The number of methoxy groups -OCH3 is 1. The van der Waals surface area contributed by atoms with E-state index in [0.717, 1.165) is 4.68 Å². The molecule has 2 aromatic heterocycles. The maximum Gasteiger partial charge on any atom is 0.421 e. The van der Waals surface area contributed by atoms with Gasteiger partial charge in [-0.25, -0.2) is 9.67 Å². The third-order valence-corrected chi connectivity index (χ3v) is 6.53. The van der Waals surface area contributed by atoms with Crippen LogP contribution in [0.1, 0.15) is 23.7 Å². The van der Waals surface area contributed by atoms with Crippen molar-refractivity contribution in [2.75, 3.05) is 51.6 Å². The Labute approximate surface area is 239 Å². The number of aryl methyl sites for hydroxylation is 1. The van der Waals surface area contributed by atoms with E-state index in [1.165, 1.54) is 31.4 Å². The lowest BCUT2D eigenvalue weighted by molar-refractivity contribution is -0.384. The number of aromatic nitrogens is 4. The van der Waals surface area contributed by atoms with Gasteiger partial charge in [-0.15, -0.1) is 0 Å². The Bertz CT molecular complexity index is 1680. The summed E-state index contributed by atoms with van der Waals surface area (Å²) in [5.74, 6) is -0.628. The van der Waals surface area contributed by atoms with Gasteiger partial charge in [0, 0.05) is 43.9 Å². The number of nitrogens with zero attached hydrogens (tertiary/aromatic N) is 8. The van der Waals surface area contributed by atoms with Crippen LogP contribution in [-0.4, -0.2) is 70.9 Å². The number of ether oxygens (including phenoxy) is 1. The van der Waals surface area contributed by atoms with E-state index in [1.807, 2.05) is 25.1 Å². The standard InChI is InChI=1S/C27H28F3N9O3/c1-6-19-17-11-16(14-31)7-8-21(17)38(35-19)25-18(27(28,29)30)15-32-26(34-25)33-20-12-23(39(40)41)22(13-24(20)42-5)37(4)10-9-36(2)3/h7-8,11-13,15H,6,9-10H2,1-5H3,(H,32,33,34). The van der Waals surface area contributed by atoms with Crippen LogP contribution in [0.3, 0.4) is 0 Å². The fraction of sp³-hybridized carbons (Fsp3) is 0.333. The van der Waals surface area contributed by atoms with Crippen molar-refractivity contribution in [2.45, 2.75) is 19.5 Å². The number of fused-ring (bicyclic) bond motifs is 1. The van der Waals surface area contributed by atoms with Crippen LogP contribution < -0.4 is 15.0 Å². The fourth-order valence-electron chi connectivity index (χ4n) is 4.33. The molecule has 0 aliphatic carbocycles. The first-order chi connectivity index (χ1) is 19.9. The maximum absolute atomic E-state index is 14.1. The summed E-state index contributed by atoms with van der Waals surface area (Å²) in [4.78, 5) is 23.1. The monoisotopic (exact) mass is 583 g/mol. The van der Waals surface area contributed by atoms with Crippen LogP contribution in [-0.2, 0) is 12.6 Å². The van der Waals surface area contributed by atoms with Gasteiger partial charge in [0.2, 0.25) is 5.95 Å². The molecular formula is C27H28F3N9O3. The highest BCUT2D eigenvalue weighted by atomic mass is 19.4. The normalized spacial score (nSPS) is 11.5. The summed E-state index contributed by atoms with van der Waals surface area (Å²) in [6, 6.07) is 9.27. The topological polar surface area (TPSA) is 138 Å². The van der Waals surface area contributed by atoms with E-state index >= 15 is 0 Å². The summed E-state index contributed by atoms with van der Waals surface area (Å²) < 4.78 is 48.8. The molecule has 0 bridgehead atoms. The van der Waals surface area contributed by atoms with Crippen LogP contribution >= 0.6 is 0 Å². The van der Waals surface area contributed by atoms with Crippen molar-refractivity contribution in [3.63, 3.8) is 0 Å². The number of halogens is 3. The van der Waals surface area contributed by atoms with Crippen molar-refractivity contribution in [3.8, 4) is 17.6 Å². The smallest absolute Gasteiger partial charge is 0.421 e. The molecule has 220 valence electrons. The lowest BCUT2D eigenvalue weighted by atomic mass is 10.1. The molecule has 4 rings (SSSR count). The third kappa shape index (κ3) is 6.03. The van der Waals surface area contributed by atoms with E-state index in [0.29, 0.717) is 53.6 Å². The first kappa shape index (κ1) is 30.0. The minimum Gasteiger partial charge on any atom is -0.494 e. The highest BCUT2D eigenvalue weighted by molar-refractivity contribution is 5.85. The number of nitrogens with one attached hydrogen (secondary N) is 1. The molecule has 0 aliphatic heterocycles. The first-order valence-corrected chi connectivity index (χ1v) is 12.7. The molecule has 0 radical (unpaired) electrons. The number of nitriles is 1. The molecule has 0 amide bonds. The molecule has 0 unspecified atom stereocenters. The number of anilines is 3. The van der Waals surface area contributed by atoms with Gasteiger partial charge in [0.05, 0.1) is 40.6 Å². The maximum atomic E-state index is 14.1. The number of benzene rings is 2. The molecule has 12 nitrogen and oxygen atoms in total. The van der Waals surface area contributed by atoms with Crippen molar-refractivity contribution in [1.82, 2.24) is 24.6 Å². The Morgan fingerprint density at radius 1 is 1.19 bits per heavy atom. The summed E-state index contributed by atoms with van der Waals surface area (Å²) in [5.41, 5.74) is 0.130. The lowest BCUT2D eigenvalue weighted by Gasteiger charge is -2.23. The molecule has 42 heavy (non-hydrogen) atoms. The average Bonchev–Trinajstić information content (AvgIpc) is 3.32. The molecule has 0 spiro atoms. The predicted octanol–water partition coefficient (Wildman–Crippen LogP) is 4.93. The second-order valence-corrected chi connectivity index (χ2v) is 9.63. The van der Waals surface area contributed by atoms with Gasteiger partial charge < -0.3 is 19.9 Å². The van der Waals surface area contributed by atoms with E-state index in [4.69, 9.17) is 4.74 Å². The van der Waals surface area contributed by atoms with E-state index in [-0.39, 0.29) is 23.1 Å². The van der Waals surface area contributed by atoms with Crippen molar-refractivity contribution >= 4 is 33.9 Å². The molecule has 0 fully saturated rings. The van der Waals surface area contributed by atoms with Crippen molar-refractivity contribution in [2.24, 2.45) is 0 Å². The Morgan fingerprint density at radius 2 is 1.93 bits per heavy atom. The van der Waals surface area contributed by atoms with Gasteiger partial charge in [0.25, 0.3) is 5.69 Å². The molecule has 0 atom stereocenters. The Hall–Kier alpha value is -4.97. The SMILES string of the molecule is CCc1nn(-c2nc(Nc3cc([N+](=O)[O-])c(N(C)CCN(C)C)cc3OC)ncc2C(F)(F)F)c2ccc(C#N)cc12. The number of rotatable bonds is 10. The number of nitro groups is 1. The number of hydrogen-bond acceptors (Lipinski definition) is 10. The van der Waals surface area contributed by atoms with Crippen LogP contribution in [0.15, 0.2) is 36.5 Å². The molecule has 15 heteroatoms. The zero-order valence-corrected chi connectivity index (χ0v) is 23.5. The number of hydrogen-bond donors (Lipinski definition) is 1. The second kappa shape index (κ2) is 11.9. The summed E-state index contributed by atoms with van der Waals surface area (Å²) in [7, 11) is 6.84. The highest BCUT2D eigenvalue weighted by Crippen LogP contribution is 2.40. The molecule has 0 saturated heterocycles. The lowest BCUT2D eigenvalue weighted by Crippen LogP contribution is -2.29. The Morgan fingerprint density at radius 3 is 2.52 bits per heavy atom. The van der Waals surface area contributed by atoms with E-state index < -0.39 is 22.5 Å². The van der Waals surface area contributed by atoms with Crippen LogP contribution in [0, 0.1) is 21.4 Å². The number of likely N-dealkylation sites (N-methyl/N-ethyl adjacent to an activating group) is 2. The van der Waals surface area contributed by atoms with Crippen LogP contribution in [0.2, 0.25) is 0 Å². The van der Waals surface area contributed by atoms with Crippen molar-refractivity contribution in [1.29, 1.82) is 5.26 Å². The molecule has 0 saturated carbocycles. The van der Waals surface area contributed by atoms with Crippen LogP contribution in [0.5, 0.6) is 5.75 Å². The fourth-order valence-corrected chi connectivity index (χ4v) is 4.33. The molecular weight excluding hydrogens is 555 g/mol. The Kier molecular flexibility index (Phi) is 8.48. The quantitative estimate of drug-likeness (QED) is 0.202. The number of alkyl halides is 3. The molecule has 2 aromatic carbocycles. The number of nitro benzene ring substituents is 1. The Balaban J connectivity index is 1.84. The van der Waals surface area contributed by atoms with Crippen LogP contribution in [0.4, 0.5) is 36.2 Å². The minimum atomic E-state index is -4.82. The zero-order valence-electron chi connectivity index (χ0n) is 23.5. The zero-order chi connectivity index (χ0) is 30.8. The first-order valence-electron chi connectivity index (χ1n) is 12.7. The third-order valence-electron chi connectivity index (χ3n) is 6.53. The van der Waals surface area contributed by atoms with Gasteiger partial charge in [-0.3, -0.25) is 10.1 Å². The van der Waals surface area contributed by atoms with Crippen molar-refractivity contribution < 1.29 is 22.8 Å². The second-order valence-electron chi connectivity index (χ2n) is 9.63. The van der Waals surface area contributed by atoms with Gasteiger partial charge >= 0.3 is 6.18 Å². The highest BCUT2D eigenvalue weighted by Gasteiger charge is 2.37. The summed E-state index contributed by atoms with van der Waals surface area (Å²) in [5, 5.41) is 28.9. The van der Waals surface area contributed by atoms with E-state index in [2.05, 4.69) is 20.4 Å². The molecule has 1 N–H and O–H groups in total. The van der Waals surface area contributed by atoms with E-state index in [1.54, 1.807) is 24.9 Å². The minimum absolute atomic E-state index is 0.0814. The summed E-state index contributed by atoms with van der Waals surface area (Å²) in [6.45, 7) is 2.92. The van der Waals surface area contributed by atoms with Gasteiger partial charge in [0.1, 0.15) is 17.0 Å². The molecule has 0 aliphatic rings. The van der Waals surface area contributed by atoms with Gasteiger partial charge in [-0.05, 0) is 38.7 Å². The predicted molar refractivity (Wildman–Crippen MR) is 151 cm³/mol. The summed E-state index contributed by atoms with van der Waals surface area (Å²) in [6.07, 6.45) is -3.80. The van der Waals surface area contributed by atoms with Gasteiger partial charge in [-0.2, -0.15) is 28.5 Å². The molecule has 2 heterocycles. The molecule has 4 aromatic rings. The van der Waals surface area contributed by atoms with Gasteiger partial charge in [-0.1, -0.05) is 6.92 Å².